The lowest BCUT2D eigenvalue weighted by molar-refractivity contribution is -0.143. The number of carbonyl (C=O) groups excluding carboxylic acids is 2. The van der Waals surface area contributed by atoms with Crippen LogP contribution in [0.25, 0.3) is 0 Å². The standard InChI is InChI=1S/C9H17N3O4S/c1-17-3-2-5(10)8(14)12-6(9(15)16)4-7(11)13/h5-6H,2-4,10H2,1H3,(H2,11,13)(H,12,14)(H,15,16)/t5-,6?/m1/s1. The van der Waals surface area contributed by atoms with Crippen LogP contribution < -0.4 is 16.8 Å². The van der Waals surface area contributed by atoms with E-state index in [1.165, 1.54) is 11.8 Å². The van der Waals surface area contributed by atoms with Crippen molar-refractivity contribution in [1.82, 2.24) is 5.32 Å². The minimum atomic E-state index is -1.32. The number of hydrogen-bond acceptors (Lipinski definition) is 5. The van der Waals surface area contributed by atoms with Crippen LogP contribution in [-0.4, -0.2) is 47.0 Å². The lowest BCUT2D eigenvalue weighted by Crippen LogP contribution is -2.49. The molecule has 0 aromatic heterocycles. The number of nitrogens with two attached hydrogens (primary N) is 2. The highest BCUT2D eigenvalue weighted by Gasteiger charge is 2.24. The van der Waals surface area contributed by atoms with Gasteiger partial charge in [0, 0.05) is 0 Å². The Balaban J connectivity index is 4.29. The molecule has 8 heteroatoms. The largest absolute Gasteiger partial charge is 0.480 e. The van der Waals surface area contributed by atoms with Crippen LogP contribution >= 0.6 is 11.8 Å². The number of nitrogens with one attached hydrogen (secondary N) is 1. The van der Waals surface area contributed by atoms with Crippen molar-refractivity contribution in [2.24, 2.45) is 11.5 Å². The van der Waals surface area contributed by atoms with E-state index in [1.807, 2.05) is 6.26 Å². The first-order chi connectivity index (χ1) is 7.88. The molecular weight excluding hydrogens is 246 g/mol. The second-order valence-corrected chi connectivity index (χ2v) is 4.44. The highest BCUT2D eigenvalue weighted by Crippen LogP contribution is 2.00. The van der Waals surface area contributed by atoms with Crippen molar-refractivity contribution in [3.63, 3.8) is 0 Å². The van der Waals surface area contributed by atoms with E-state index in [9.17, 15) is 14.4 Å². The second-order valence-electron chi connectivity index (χ2n) is 3.46. The first-order valence-electron chi connectivity index (χ1n) is 4.94. The van der Waals surface area contributed by atoms with Crippen LogP contribution in [0.3, 0.4) is 0 Å². The summed E-state index contributed by atoms with van der Waals surface area (Å²) in [7, 11) is 0. The van der Waals surface area contributed by atoms with Gasteiger partial charge in [-0.25, -0.2) is 4.79 Å². The molecule has 0 saturated heterocycles. The summed E-state index contributed by atoms with van der Waals surface area (Å²) in [5, 5.41) is 10.9. The maximum absolute atomic E-state index is 11.5. The minimum absolute atomic E-state index is 0.440. The molecule has 17 heavy (non-hydrogen) atoms. The third-order valence-electron chi connectivity index (χ3n) is 1.99. The Kier molecular flexibility index (Phi) is 7.31. The zero-order valence-electron chi connectivity index (χ0n) is 9.51. The van der Waals surface area contributed by atoms with E-state index in [-0.39, 0.29) is 0 Å². The Morgan fingerprint density at radius 3 is 2.41 bits per heavy atom. The average molecular weight is 263 g/mol. The van der Waals surface area contributed by atoms with E-state index >= 15 is 0 Å². The molecule has 0 aliphatic heterocycles. The minimum Gasteiger partial charge on any atom is -0.480 e. The number of aliphatic carboxylic acids is 1. The Morgan fingerprint density at radius 1 is 1.41 bits per heavy atom. The normalized spacial score (nSPS) is 13.8. The molecule has 0 spiro atoms. The molecule has 0 radical (unpaired) electrons. The molecule has 0 aromatic carbocycles. The van der Waals surface area contributed by atoms with E-state index in [2.05, 4.69) is 5.32 Å². The van der Waals surface area contributed by atoms with E-state index < -0.39 is 36.3 Å². The zero-order chi connectivity index (χ0) is 13.4. The van der Waals surface area contributed by atoms with E-state index in [0.717, 1.165) is 0 Å². The number of rotatable bonds is 8. The van der Waals surface area contributed by atoms with E-state index in [4.69, 9.17) is 16.6 Å². The number of carboxylic acids is 1. The van der Waals surface area contributed by atoms with Crippen molar-refractivity contribution in [2.45, 2.75) is 24.9 Å². The molecular formula is C9H17N3O4S. The van der Waals surface area contributed by atoms with Crippen molar-refractivity contribution in [2.75, 3.05) is 12.0 Å². The summed E-state index contributed by atoms with van der Waals surface area (Å²) in [6.07, 6.45) is 1.87. The maximum atomic E-state index is 11.5. The van der Waals surface area contributed by atoms with Crippen molar-refractivity contribution in [3.05, 3.63) is 0 Å². The third-order valence-corrected chi connectivity index (χ3v) is 2.63. The lowest BCUT2D eigenvalue weighted by Gasteiger charge is -2.16. The second kappa shape index (κ2) is 7.91. The maximum Gasteiger partial charge on any atom is 0.326 e. The predicted molar refractivity (Wildman–Crippen MR) is 64.4 cm³/mol. The molecule has 2 amide bonds. The molecule has 2 atom stereocenters. The Hall–Kier alpha value is -1.28. The first-order valence-corrected chi connectivity index (χ1v) is 6.33. The molecule has 7 nitrogen and oxygen atoms in total. The molecule has 6 N–H and O–H groups in total. The lowest BCUT2D eigenvalue weighted by atomic mass is 10.1. The number of carbonyl (C=O) groups is 3. The van der Waals surface area contributed by atoms with Gasteiger partial charge in [-0.1, -0.05) is 0 Å². The molecule has 0 saturated carbocycles. The quantitative estimate of drug-likeness (QED) is 0.421. The van der Waals surface area contributed by atoms with E-state index in [0.29, 0.717) is 12.2 Å². The molecule has 98 valence electrons. The van der Waals surface area contributed by atoms with Gasteiger partial charge in [-0.15, -0.1) is 0 Å². The number of hydrogen-bond donors (Lipinski definition) is 4. The van der Waals surface area contributed by atoms with Gasteiger partial charge in [0.25, 0.3) is 0 Å². The molecule has 0 aliphatic carbocycles. The summed E-state index contributed by atoms with van der Waals surface area (Å²) in [5.41, 5.74) is 10.4. The third kappa shape index (κ3) is 6.80. The van der Waals surface area contributed by atoms with Crippen LogP contribution in [0, 0.1) is 0 Å². The number of amides is 2. The highest BCUT2D eigenvalue weighted by molar-refractivity contribution is 7.98. The fraction of sp³-hybridized carbons (Fsp3) is 0.667. The van der Waals surface area contributed by atoms with Gasteiger partial charge in [-0.2, -0.15) is 11.8 Å². The molecule has 0 aliphatic rings. The van der Waals surface area contributed by atoms with Gasteiger partial charge in [-0.3, -0.25) is 9.59 Å². The average Bonchev–Trinajstić information content (AvgIpc) is 2.23. The number of primary amides is 1. The van der Waals surface area contributed by atoms with Gasteiger partial charge in [0.1, 0.15) is 6.04 Å². The molecule has 0 heterocycles. The molecule has 0 bridgehead atoms. The van der Waals surface area contributed by atoms with Crippen LogP contribution in [0.2, 0.25) is 0 Å². The van der Waals surface area contributed by atoms with Gasteiger partial charge in [-0.05, 0) is 18.4 Å². The van der Waals surface area contributed by atoms with Crippen molar-refractivity contribution in [1.29, 1.82) is 0 Å². The highest BCUT2D eigenvalue weighted by atomic mass is 32.2. The SMILES string of the molecule is CSCC[C@@H](N)C(=O)NC(CC(N)=O)C(=O)O. The summed E-state index contributed by atoms with van der Waals surface area (Å²) < 4.78 is 0. The van der Waals surface area contributed by atoms with Gasteiger partial charge >= 0.3 is 5.97 Å². The summed E-state index contributed by atoms with van der Waals surface area (Å²) >= 11 is 1.53. The van der Waals surface area contributed by atoms with Gasteiger partial charge < -0.3 is 21.9 Å². The van der Waals surface area contributed by atoms with Gasteiger partial charge in [0.15, 0.2) is 0 Å². The first kappa shape index (κ1) is 15.7. The summed E-state index contributed by atoms with van der Waals surface area (Å²) in [4.78, 5) is 32.8. The monoisotopic (exact) mass is 263 g/mol. The van der Waals surface area contributed by atoms with Crippen LogP contribution in [0.15, 0.2) is 0 Å². The Labute approximate surface area is 103 Å². The smallest absolute Gasteiger partial charge is 0.326 e. The Bertz CT molecular complexity index is 298. The summed E-state index contributed by atoms with van der Waals surface area (Å²) in [6.45, 7) is 0. The fourth-order valence-corrected chi connectivity index (χ4v) is 1.55. The Morgan fingerprint density at radius 2 is 2.00 bits per heavy atom. The van der Waals surface area contributed by atoms with Gasteiger partial charge in [0.05, 0.1) is 12.5 Å². The summed E-state index contributed by atoms with van der Waals surface area (Å²) in [6, 6.07) is -2.10. The molecule has 0 rings (SSSR count). The van der Waals surface area contributed by atoms with Crippen molar-refractivity contribution in [3.8, 4) is 0 Å². The zero-order valence-corrected chi connectivity index (χ0v) is 10.3. The molecule has 1 unspecified atom stereocenters. The van der Waals surface area contributed by atoms with Crippen LogP contribution in [0.1, 0.15) is 12.8 Å². The fourth-order valence-electron chi connectivity index (χ4n) is 1.06. The van der Waals surface area contributed by atoms with Gasteiger partial charge in [0.2, 0.25) is 11.8 Å². The van der Waals surface area contributed by atoms with Crippen LogP contribution in [0.5, 0.6) is 0 Å². The molecule has 0 aromatic rings. The van der Waals surface area contributed by atoms with E-state index in [1.54, 1.807) is 0 Å². The van der Waals surface area contributed by atoms with Crippen molar-refractivity contribution < 1.29 is 19.5 Å². The molecule has 0 fully saturated rings. The van der Waals surface area contributed by atoms with Crippen LogP contribution in [0.4, 0.5) is 0 Å². The predicted octanol–water partition coefficient (Wildman–Crippen LogP) is -1.49. The number of carboxylic acid groups (broad SMARTS) is 1. The topological polar surface area (TPSA) is 136 Å². The summed E-state index contributed by atoms with van der Waals surface area (Å²) in [5.74, 6) is -2.00. The van der Waals surface area contributed by atoms with Crippen LogP contribution in [-0.2, 0) is 14.4 Å². The van der Waals surface area contributed by atoms with Crippen molar-refractivity contribution >= 4 is 29.5 Å². The number of thioether (sulfide) groups is 1.